The molecule has 0 atom stereocenters. The quantitative estimate of drug-likeness (QED) is 0.520. The Kier molecular flexibility index (Phi) is 12.9. The molecule has 0 aliphatic heterocycles. The molecule has 0 radical (unpaired) electrons. The fraction of sp³-hybridized carbons (Fsp3) is 1.00. The molecule has 0 aliphatic rings. The van der Waals surface area contributed by atoms with Gasteiger partial charge in [0.25, 0.3) is 0 Å². The van der Waals surface area contributed by atoms with Crippen molar-refractivity contribution in [3.8, 4) is 0 Å². The van der Waals surface area contributed by atoms with Crippen molar-refractivity contribution in [1.29, 1.82) is 0 Å². The van der Waals surface area contributed by atoms with E-state index < -0.39 is 0 Å². The second-order valence-corrected chi connectivity index (χ2v) is 4.09. The Morgan fingerprint density at radius 2 is 1.81 bits per heavy atom. The highest BCUT2D eigenvalue weighted by molar-refractivity contribution is 4.57. The van der Waals surface area contributed by atoms with Crippen LogP contribution in [0.15, 0.2) is 0 Å². The van der Waals surface area contributed by atoms with E-state index in [0.29, 0.717) is 0 Å². The number of hydrogen-bond donors (Lipinski definition) is 1. The number of ether oxygens (including phenoxy) is 1. The summed E-state index contributed by atoms with van der Waals surface area (Å²) in [6, 6.07) is 0. The fourth-order valence-electron chi connectivity index (χ4n) is 1.70. The van der Waals surface area contributed by atoms with Gasteiger partial charge in [-0.1, -0.05) is 13.8 Å². The molecule has 0 fully saturated rings. The van der Waals surface area contributed by atoms with Crippen LogP contribution in [0.2, 0.25) is 0 Å². The SMILES string of the molecule is CCCN(CC)CCNCCCCOCC. The molecule has 0 aromatic carbocycles. The molecule has 0 bridgehead atoms. The van der Waals surface area contributed by atoms with Crippen LogP contribution >= 0.6 is 0 Å². The Morgan fingerprint density at radius 1 is 1.00 bits per heavy atom. The summed E-state index contributed by atoms with van der Waals surface area (Å²) in [5.74, 6) is 0. The van der Waals surface area contributed by atoms with Crippen LogP contribution in [0.5, 0.6) is 0 Å². The number of unbranched alkanes of at least 4 members (excludes halogenated alkanes) is 1. The summed E-state index contributed by atoms with van der Waals surface area (Å²) in [5.41, 5.74) is 0. The third-order valence-electron chi connectivity index (χ3n) is 2.69. The standard InChI is InChI=1S/C13H30N2O/c1-4-11-15(5-2)12-10-14-9-7-8-13-16-6-3/h14H,4-13H2,1-3H3. The molecule has 0 rings (SSSR count). The van der Waals surface area contributed by atoms with Crippen molar-refractivity contribution in [1.82, 2.24) is 10.2 Å². The summed E-state index contributed by atoms with van der Waals surface area (Å²) in [5, 5.41) is 3.49. The molecule has 16 heavy (non-hydrogen) atoms. The Bertz CT molecular complexity index is 131. The van der Waals surface area contributed by atoms with E-state index >= 15 is 0 Å². The predicted octanol–water partition coefficient (Wildman–Crippen LogP) is 2.12. The first-order chi connectivity index (χ1) is 7.85. The second kappa shape index (κ2) is 12.9. The summed E-state index contributed by atoms with van der Waals surface area (Å²) >= 11 is 0. The van der Waals surface area contributed by atoms with Crippen LogP contribution in [0.25, 0.3) is 0 Å². The zero-order valence-corrected chi connectivity index (χ0v) is 11.4. The van der Waals surface area contributed by atoms with Gasteiger partial charge < -0.3 is 15.0 Å². The molecule has 0 aromatic heterocycles. The van der Waals surface area contributed by atoms with Gasteiger partial charge in [0.1, 0.15) is 0 Å². The summed E-state index contributed by atoms with van der Waals surface area (Å²) in [6.07, 6.45) is 3.65. The van der Waals surface area contributed by atoms with E-state index in [1.165, 1.54) is 38.9 Å². The molecule has 0 heterocycles. The molecule has 3 nitrogen and oxygen atoms in total. The van der Waals surface area contributed by atoms with E-state index in [1.54, 1.807) is 0 Å². The highest BCUT2D eigenvalue weighted by atomic mass is 16.5. The highest BCUT2D eigenvalue weighted by Crippen LogP contribution is 1.90. The summed E-state index contributed by atoms with van der Waals surface area (Å²) < 4.78 is 5.29. The number of nitrogens with zero attached hydrogens (tertiary/aromatic N) is 1. The summed E-state index contributed by atoms with van der Waals surface area (Å²) in [6.45, 7) is 14.1. The molecule has 0 aromatic rings. The lowest BCUT2D eigenvalue weighted by Crippen LogP contribution is -2.33. The lowest BCUT2D eigenvalue weighted by atomic mass is 10.3. The Balaban J connectivity index is 3.12. The molecule has 0 amide bonds. The highest BCUT2D eigenvalue weighted by Gasteiger charge is 1.98. The van der Waals surface area contributed by atoms with Gasteiger partial charge in [-0.05, 0) is 45.8 Å². The number of nitrogens with one attached hydrogen (secondary N) is 1. The van der Waals surface area contributed by atoms with Gasteiger partial charge in [-0.25, -0.2) is 0 Å². The average Bonchev–Trinajstić information content (AvgIpc) is 2.31. The van der Waals surface area contributed by atoms with Gasteiger partial charge in [0, 0.05) is 26.3 Å². The first-order valence-corrected chi connectivity index (χ1v) is 6.85. The normalized spacial score (nSPS) is 11.2. The minimum atomic E-state index is 0.843. The third kappa shape index (κ3) is 10.4. The van der Waals surface area contributed by atoms with Crippen LogP contribution in [0.1, 0.15) is 40.0 Å². The second-order valence-electron chi connectivity index (χ2n) is 4.09. The zero-order valence-electron chi connectivity index (χ0n) is 11.4. The van der Waals surface area contributed by atoms with E-state index in [2.05, 4.69) is 24.1 Å². The van der Waals surface area contributed by atoms with Gasteiger partial charge in [0.15, 0.2) is 0 Å². The number of rotatable bonds is 12. The van der Waals surface area contributed by atoms with Crippen LogP contribution < -0.4 is 5.32 Å². The molecule has 98 valence electrons. The van der Waals surface area contributed by atoms with E-state index in [-0.39, 0.29) is 0 Å². The van der Waals surface area contributed by atoms with Gasteiger partial charge in [-0.15, -0.1) is 0 Å². The largest absolute Gasteiger partial charge is 0.382 e. The first kappa shape index (κ1) is 15.9. The molecule has 0 saturated carbocycles. The monoisotopic (exact) mass is 230 g/mol. The van der Waals surface area contributed by atoms with Gasteiger partial charge in [-0.2, -0.15) is 0 Å². The van der Waals surface area contributed by atoms with Crippen LogP contribution in [0.3, 0.4) is 0 Å². The lowest BCUT2D eigenvalue weighted by molar-refractivity contribution is 0.143. The molecule has 0 unspecified atom stereocenters. The maximum absolute atomic E-state index is 5.29. The van der Waals surface area contributed by atoms with Crippen molar-refractivity contribution in [3.63, 3.8) is 0 Å². The average molecular weight is 230 g/mol. The number of hydrogen-bond acceptors (Lipinski definition) is 3. The first-order valence-electron chi connectivity index (χ1n) is 6.85. The fourth-order valence-corrected chi connectivity index (χ4v) is 1.70. The number of likely N-dealkylation sites (N-methyl/N-ethyl adjacent to an activating group) is 1. The van der Waals surface area contributed by atoms with Crippen LogP contribution in [0, 0.1) is 0 Å². The molecule has 1 N–H and O–H groups in total. The van der Waals surface area contributed by atoms with Crippen molar-refractivity contribution < 1.29 is 4.74 Å². The van der Waals surface area contributed by atoms with Gasteiger partial charge in [0.2, 0.25) is 0 Å². The van der Waals surface area contributed by atoms with Crippen LogP contribution in [-0.4, -0.2) is 50.8 Å². The minimum absolute atomic E-state index is 0.843. The lowest BCUT2D eigenvalue weighted by Gasteiger charge is -2.19. The van der Waals surface area contributed by atoms with Crippen molar-refractivity contribution in [2.24, 2.45) is 0 Å². The zero-order chi connectivity index (χ0) is 12.1. The van der Waals surface area contributed by atoms with Crippen LogP contribution in [-0.2, 0) is 4.74 Å². The van der Waals surface area contributed by atoms with E-state index in [0.717, 1.165) is 26.3 Å². The molecule has 0 aliphatic carbocycles. The summed E-state index contributed by atoms with van der Waals surface area (Å²) in [7, 11) is 0. The summed E-state index contributed by atoms with van der Waals surface area (Å²) in [4.78, 5) is 2.49. The predicted molar refractivity (Wildman–Crippen MR) is 71.0 cm³/mol. The molecule has 0 saturated heterocycles. The maximum atomic E-state index is 5.29. The maximum Gasteiger partial charge on any atom is 0.0466 e. The van der Waals surface area contributed by atoms with Crippen LogP contribution in [0.4, 0.5) is 0 Å². The Hall–Kier alpha value is -0.120. The van der Waals surface area contributed by atoms with E-state index in [9.17, 15) is 0 Å². The van der Waals surface area contributed by atoms with Gasteiger partial charge in [0.05, 0.1) is 0 Å². The van der Waals surface area contributed by atoms with Gasteiger partial charge in [-0.3, -0.25) is 0 Å². The molecular formula is C13H30N2O. The third-order valence-corrected chi connectivity index (χ3v) is 2.69. The topological polar surface area (TPSA) is 24.5 Å². The van der Waals surface area contributed by atoms with E-state index in [1.807, 2.05) is 6.92 Å². The smallest absolute Gasteiger partial charge is 0.0466 e. The van der Waals surface area contributed by atoms with Crippen molar-refractivity contribution in [3.05, 3.63) is 0 Å². The van der Waals surface area contributed by atoms with Crippen molar-refractivity contribution in [2.75, 3.05) is 45.9 Å². The molecule has 3 heteroatoms. The molecular weight excluding hydrogens is 200 g/mol. The Morgan fingerprint density at radius 3 is 2.44 bits per heavy atom. The van der Waals surface area contributed by atoms with Gasteiger partial charge >= 0.3 is 0 Å². The molecule has 0 spiro atoms. The van der Waals surface area contributed by atoms with Crippen molar-refractivity contribution >= 4 is 0 Å². The van der Waals surface area contributed by atoms with E-state index in [4.69, 9.17) is 4.74 Å². The Labute approximate surface area is 102 Å². The minimum Gasteiger partial charge on any atom is -0.382 e. The van der Waals surface area contributed by atoms with Crippen molar-refractivity contribution in [2.45, 2.75) is 40.0 Å².